The number of fused-ring (bicyclic) bond motifs is 1. The van der Waals surface area contributed by atoms with Gasteiger partial charge in [-0.15, -0.1) is 34.2 Å². The topological polar surface area (TPSA) is 66.6 Å². The average molecular weight is 478 g/mol. The summed E-state index contributed by atoms with van der Waals surface area (Å²) >= 11 is 0. The molecule has 0 spiro atoms. The first kappa shape index (κ1) is 21.1. The molecule has 3 aromatic rings. The van der Waals surface area contributed by atoms with Crippen LogP contribution in [0.2, 0.25) is 0 Å². The molecule has 0 saturated heterocycles. The van der Waals surface area contributed by atoms with Crippen molar-refractivity contribution in [1.82, 2.24) is 25.2 Å². The van der Waals surface area contributed by atoms with E-state index in [2.05, 4.69) is 70.9 Å². The molecule has 0 bridgehead atoms. The van der Waals surface area contributed by atoms with Crippen molar-refractivity contribution in [3.8, 4) is 0 Å². The third kappa shape index (κ3) is 5.66. The summed E-state index contributed by atoms with van der Waals surface area (Å²) in [6, 6.07) is 14.5. The Hall–Kier alpha value is -2.16. The van der Waals surface area contributed by atoms with Gasteiger partial charge in [0.1, 0.15) is 6.54 Å². The Morgan fingerprint density at radius 1 is 1.15 bits per heavy atom. The van der Waals surface area contributed by atoms with Gasteiger partial charge in [-0.3, -0.25) is 4.40 Å². The highest BCUT2D eigenvalue weighted by atomic mass is 127. The summed E-state index contributed by atoms with van der Waals surface area (Å²) in [5, 5.41) is 15.1. The number of hydrogen-bond acceptors (Lipinski definition) is 3. The zero-order valence-electron chi connectivity index (χ0n) is 16.0. The minimum atomic E-state index is 0. The minimum Gasteiger partial charge on any atom is -0.357 e. The van der Waals surface area contributed by atoms with Gasteiger partial charge in [0.05, 0.1) is 0 Å². The second-order valence-electron chi connectivity index (χ2n) is 6.44. The van der Waals surface area contributed by atoms with E-state index in [0.717, 1.165) is 30.5 Å². The molecule has 1 atom stereocenters. The van der Waals surface area contributed by atoms with Gasteiger partial charge in [0, 0.05) is 19.3 Å². The molecule has 144 valence electrons. The minimum absolute atomic E-state index is 0. The van der Waals surface area contributed by atoms with Crippen LogP contribution in [0.15, 0.2) is 53.7 Å². The fraction of sp³-hybridized carbons (Fsp3) is 0.350. The van der Waals surface area contributed by atoms with E-state index < -0.39 is 0 Å². The first-order valence-corrected chi connectivity index (χ1v) is 9.04. The highest BCUT2D eigenvalue weighted by molar-refractivity contribution is 14.0. The molecular weight excluding hydrogens is 451 g/mol. The second-order valence-corrected chi connectivity index (χ2v) is 6.44. The zero-order chi connectivity index (χ0) is 18.4. The molecule has 2 heterocycles. The van der Waals surface area contributed by atoms with Crippen LogP contribution in [0.5, 0.6) is 0 Å². The molecule has 0 amide bonds. The summed E-state index contributed by atoms with van der Waals surface area (Å²) in [7, 11) is 0. The Labute approximate surface area is 177 Å². The van der Waals surface area contributed by atoms with E-state index in [9.17, 15) is 0 Å². The fourth-order valence-electron chi connectivity index (χ4n) is 2.83. The van der Waals surface area contributed by atoms with Gasteiger partial charge >= 0.3 is 0 Å². The van der Waals surface area contributed by atoms with Gasteiger partial charge in [0.2, 0.25) is 0 Å². The fourth-order valence-corrected chi connectivity index (χ4v) is 2.83. The number of aromatic nitrogens is 3. The largest absolute Gasteiger partial charge is 0.357 e. The quantitative estimate of drug-likeness (QED) is 0.323. The lowest BCUT2D eigenvalue weighted by Crippen LogP contribution is -2.39. The first-order chi connectivity index (χ1) is 12.7. The normalized spacial score (nSPS) is 12.5. The summed E-state index contributed by atoms with van der Waals surface area (Å²) in [5.74, 6) is 2.01. The van der Waals surface area contributed by atoms with Crippen LogP contribution in [0.4, 0.5) is 0 Å². The highest BCUT2D eigenvalue weighted by Gasteiger charge is 2.08. The maximum Gasteiger partial charge on any atom is 0.191 e. The number of hydrogen-bond donors (Lipinski definition) is 2. The van der Waals surface area contributed by atoms with E-state index in [1.165, 1.54) is 11.1 Å². The molecule has 0 aliphatic carbocycles. The van der Waals surface area contributed by atoms with Crippen LogP contribution in [0.1, 0.15) is 36.7 Å². The predicted molar refractivity (Wildman–Crippen MR) is 121 cm³/mol. The van der Waals surface area contributed by atoms with Gasteiger partial charge in [-0.05, 0) is 37.5 Å². The van der Waals surface area contributed by atoms with Crippen molar-refractivity contribution in [1.29, 1.82) is 0 Å². The number of aryl methyl sites for hydroxylation is 1. The Kier molecular flexibility index (Phi) is 8.02. The number of aliphatic imine (C=N–C) groups is 1. The number of nitrogens with zero attached hydrogens (tertiary/aromatic N) is 4. The van der Waals surface area contributed by atoms with E-state index in [4.69, 9.17) is 0 Å². The Bertz CT molecular complexity index is 889. The SMILES string of the molecule is CCNC(=NCc1nnc2ccccn12)NCC(C)c1cccc(C)c1.I. The van der Waals surface area contributed by atoms with Gasteiger partial charge in [-0.1, -0.05) is 42.8 Å². The molecule has 2 aromatic heterocycles. The molecule has 0 saturated carbocycles. The molecule has 1 aromatic carbocycles. The monoisotopic (exact) mass is 478 g/mol. The van der Waals surface area contributed by atoms with Crippen LogP contribution < -0.4 is 10.6 Å². The van der Waals surface area contributed by atoms with Crippen molar-refractivity contribution in [3.63, 3.8) is 0 Å². The van der Waals surface area contributed by atoms with Crippen molar-refractivity contribution in [2.75, 3.05) is 13.1 Å². The number of benzene rings is 1. The maximum absolute atomic E-state index is 4.66. The van der Waals surface area contributed by atoms with Gasteiger partial charge in [0.25, 0.3) is 0 Å². The van der Waals surface area contributed by atoms with Crippen LogP contribution in [-0.4, -0.2) is 33.6 Å². The van der Waals surface area contributed by atoms with Crippen LogP contribution in [0.3, 0.4) is 0 Å². The van der Waals surface area contributed by atoms with Crippen LogP contribution in [-0.2, 0) is 6.54 Å². The maximum atomic E-state index is 4.66. The number of guanidine groups is 1. The van der Waals surface area contributed by atoms with E-state index in [1.807, 2.05) is 28.8 Å². The molecule has 0 aliphatic rings. The molecular formula is C20H27IN6. The molecule has 3 rings (SSSR count). The molecule has 27 heavy (non-hydrogen) atoms. The average Bonchev–Trinajstić information content (AvgIpc) is 3.07. The number of rotatable bonds is 6. The summed E-state index contributed by atoms with van der Waals surface area (Å²) in [6.07, 6.45) is 1.96. The predicted octanol–water partition coefficient (Wildman–Crippen LogP) is 3.51. The second kappa shape index (κ2) is 10.2. The van der Waals surface area contributed by atoms with Crippen molar-refractivity contribution >= 4 is 35.6 Å². The number of pyridine rings is 1. The van der Waals surface area contributed by atoms with Crippen molar-refractivity contribution in [2.45, 2.75) is 33.2 Å². The Morgan fingerprint density at radius 2 is 2.00 bits per heavy atom. The number of halogens is 1. The number of nitrogens with one attached hydrogen (secondary N) is 2. The molecule has 6 nitrogen and oxygen atoms in total. The van der Waals surface area contributed by atoms with E-state index in [-0.39, 0.29) is 24.0 Å². The Morgan fingerprint density at radius 3 is 2.78 bits per heavy atom. The molecule has 0 aliphatic heterocycles. The van der Waals surface area contributed by atoms with Gasteiger partial charge in [0.15, 0.2) is 17.4 Å². The molecule has 7 heteroatoms. The van der Waals surface area contributed by atoms with Crippen LogP contribution >= 0.6 is 24.0 Å². The zero-order valence-corrected chi connectivity index (χ0v) is 18.3. The van der Waals surface area contributed by atoms with E-state index >= 15 is 0 Å². The van der Waals surface area contributed by atoms with E-state index in [0.29, 0.717) is 12.5 Å². The molecule has 1 unspecified atom stereocenters. The van der Waals surface area contributed by atoms with Gasteiger partial charge in [-0.25, -0.2) is 4.99 Å². The standard InChI is InChI=1S/C20H26N6.HI/c1-4-21-20(22-13-16(3)17-9-7-8-15(2)12-17)23-14-19-25-24-18-10-5-6-11-26(18)19;/h5-12,16H,4,13-14H2,1-3H3,(H2,21,22,23);1H. The Balaban J connectivity index is 0.00000261. The van der Waals surface area contributed by atoms with Crippen molar-refractivity contribution in [2.24, 2.45) is 4.99 Å². The third-order valence-electron chi connectivity index (χ3n) is 4.29. The van der Waals surface area contributed by atoms with Gasteiger partial charge < -0.3 is 10.6 Å². The third-order valence-corrected chi connectivity index (χ3v) is 4.29. The highest BCUT2D eigenvalue weighted by Crippen LogP contribution is 2.15. The van der Waals surface area contributed by atoms with Crippen molar-refractivity contribution < 1.29 is 0 Å². The smallest absolute Gasteiger partial charge is 0.191 e. The lowest BCUT2D eigenvalue weighted by molar-refractivity contribution is 0.697. The van der Waals surface area contributed by atoms with E-state index in [1.54, 1.807) is 0 Å². The lowest BCUT2D eigenvalue weighted by atomic mass is 9.99. The molecule has 0 fully saturated rings. The van der Waals surface area contributed by atoms with Gasteiger partial charge in [-0.2, -0.15) is 0 Å². The lowest BCUT2D eigenvalue weighted by Gasteiger charge is -2.16. The van der Waals surface area contributed by atoms with Crippen molar-refractivity contribution in [3.05, 3.63) is 65.6 Å². The van der Waals surface area contributed by atoms with Crippen LogP contribution in [0.25, 0.3) is 5.65 Å². The van der Waals surface area contributed by atoms with Crippen LogP contribution in [0, 0.1) is 6.92 Å². The summed E-state index contributed by atoms with van der Waals surface area (Å²) in [5.41, 5.74) is 3.45. The molecule has 0 radical (unpaired) electrons. The summed E-state index contributed by atoms with van der Waals surface area (Å²) < 4.78 is 1.96. The first-order valence-electron chi connectivity index (χ1n) is 9.04. The summed E-state index contributed by atoms with van der Waals surface area (Å²) in [4.78, 5) is 4.66. The molecule has 2 N–H and O–H groups in total. The summed E-state index contributed by atoms with van der Waals surface area (Å²) in [6.45, 7) is 8.50.